The van der Waals surface area contributed by atoms with E-state index < -0.39 is 0 Å². The number of aromatic nitrogens is 1. The van der Waals surface area contributed by atoms with Crippen LogP contribution in [0.3, 0.4) is 0 Å². The maximum atomic E-state index is 12.5. The predicted molar refractivity (Wildman–Crippen MR) is 85.8 cm³/mol. The Hall–Kier alpha value is -2.34. The summed E-state index contributed by atoms with van der Waals surface area (Å²) in [6, 6.07) is 5.45. The molecule has 2 unspecified atom stereocenters. The van der Waals surface area contributed by atoms with Crippen LogP contribution in [0.25, 0.3) is 0 Å². The second kappa shape index (κ2) is 6.28. The molecule has 2 aromatic rings. The number of carbonyl (C=O) groups excluding carboxylic acids is 1. The van der Waals surface area contributed by atoms with Crippen LogP contribution in [-0.2, 0) is 4.74 Å². The number of nitrogens with zero attached hydrogens (tertiary/aromatic N) is 2. The monoisotopic (exact) mass is 328 g/mol. The number of likely N-dealkylation sites (tertiary alicyclic amines) is 1. The van der Waals surface area contributed by atoms with Gasteiger partial charge in [0.25, 0.3) is 5.91 Å². The maximum absolute atomic E-state index is 12.5. The Morgan fingerprint density at radius 3 is 3.17 bits per heavy atom. The van der Waals surface area contributed by atoms with Crippen molar-refractivity contribution in [3.8, 4) is 5.75 Å². The third kappa shape index (κ3) is 3.01. The maximum Gasteiger partial charge on any atom is 0.257 e. The van der Waals surface area contributed by atoms with Crippen molar-refractivity contribution in [2.24, 2.45) is 0 Å². The average Bonchev–Trinajstić information content (AvgIpc) is 3.26. The van der Waals surface area contributed by atoms with Gasteiger partial charge in [-0.05, 0) is 31.0 Å². The van der Waals surface area contributed by atoms with Crippen LogP contribution in [0, 0.1) is 0 Å². The van der Waals surface area contributed by atoms with Crippen molar-refractivity contribution in [2.75, 3.05) is 19.7 Å². The van der Waals surface area contributed by atoms with Gasteiger partial charge in [-0.3, -0.25) is 9.78 Å². The van der Waals surface area contributed by atoms with Crippen LogP contribution in [0.4, 0.5) is 0 Å². The van der Waals surface area contributed by atoms with Gasteiger partial charge in [0.2, 0.25) is 0 Å². The Balaban J connectivity index is 1.41. The lowest BCUT2D eigenvalue weighted by Crippen LogP contribution is -2.50. The number of ether oxygens (including phenoxy) is 2. The normalized spacial score (nSPS) is 26.7. The van der Waals surface area contributed by atoms with Gasteiger partial charge in [0.1, 0.15) is 18.1 Å². The Kier molecular flexibility index (Phi) is 3.98. The smallest absolute Gasteiger partial charge is 0.257 e. The molecule has 0 saturated carbocycles. The van der Waals surface area contributed by atoms with E-state index in [9.17, 15) is 4.79 Å². The number of amides is 1. The van der Waals surface area contributed by atoms with Gasteiger partial charge < -0.3 is 18.8 Å². The van der Waals surface area contributed by atoms with Crippen LogP contribution in [0.2, 0.25) is 0 Å². The van der Waals surface area contributed by atoms with E-state index in [1.165, 1.54) is 12.5 Å². The highest BCUT2D eigenvalue weighted by Crippen LogP contribution is 2.36. The van der Waals surface area contributed by atoms with E-state index in [2.05, 4.69) is 4.98 Å². The molecule has 2 aromatic heterocycles. The second-order valence-electron chi connectivity index (χ2n) is 6.47. The number of carbonyl (C=O) groups is 1. The summed E-state index contributed by atoms with van der Waals surface area (Å²) < 4.78 is 17.1. The molecule has 2 aliphatic rings. The fraction of sp³-hybridized carbons (Fsp3) is 0.444. The van der Waals surface area contributed by atoms with Gasteiger partial charge in [-0.1, -0.05) is 0 Å². The lowest BCUT2D eigenvalue weighted by Gasteiger charge is -2.39. The van der Waals surface area contributed by atoms with Crippen LogP contribution < -0.4 is 4.74 Å². The standard InChI is InChI=1S/C18H20N2O4/c21-17(14-4-8-22-11-14)20-7-2-5-18(13-20)9-16(12-23-18)24-15-3-1-6-19-10-15/h1,3-4,6,8,10-11,16H,2,5,7,9,12-13H2. The van der Waals surface area contributed by atoms with Crippen LogP contribution >= 0.6 is 0 Å². The van der Waals surface area contributed by atoms with E-state index in [4.69, 9.17) is 13.9 Å². The van der Waals surface area contributed by atoms with E-state index >= 15 is 0 Å². The molecular formula is C18H20N2O4. The van der Waals surface area contributed by atoms with Crippen molar-refractivity contribution in [2.45, 2.75) is 31.0 Å². The van der Waals surface area contributed by atoms with E-state index in [1.807, 2.05) is 17.0 Å². The lowest BCUT2D eigenvalue weighted by atomic mass is 9.89. The highest BCUT2D eigenvalue weighted by Gasteiger charge is 2.45. The molecule has 2 fully saturated rings. The van der Waals surface area contributed by atoms with E-state index in [0.717, 1.165) is 31.6 Å². The molecule has 0 N–H and O–H groups in total. The quantitative estimate of drug-likeness (QED) is 0.866. The van der Waals surface area contributed by atoms with Crippen LogP contribution in [0.1, 0.15) is 29.6 Å². The summed E-state index contributed by atoms with van der Waals surface area (Å²) in [6.07, 6.45) is 9.12. The molecule has 0 bridgehead atoms. The van der Waals surface area contributed by atoms with Gasteiger partial charge in [-0.2, -0.15) is 0 Å². The Bertz CT molecular complexity index is 688. The Labute approximate surface area is 140 Å². The highest BCUT2D eigenvalue weighted by atomic mass is 16.6. The Morgan fingerprint density at radius 1 is 1.42 bits per heavy atom. The van der Waals surface area contributed by atoms with Gasteiger partial charge >= 0.3 is 0 Å². The summed E-state index contributed by atoms with van der Waals surface area (Å²) in [5.41, 5.74) is 0.290. The molecule has 4 heterocycles. The zero-order valence-corrected chi connectivity index (χ0v) is 13.4. The highest BCUT2D eigenvalue weighted by molar-refractivity contribution is 5.93. The number of hydrogen-bond acceptors (Lipinski definition) is 5. The van der Waals surface area contributed by atoms with Gasteiger partial charge in [0, 0.05) is 19.2 Å². The summed E-state index contributed by atoms with van der Waals surface area (Å²) in [5.74, 6) is 0.758. The first-order chi connectivity index (χ1) is 11.7. The summed E-state index contributed by atoms with van der Waals surface area (Å²) in [5, 5.41) is 0. The zero-order chi connectivity index (χ0) is 16.4. The van der Waals surface area contributed by atoms with Crippen LogP contribution in [0.15, 0.2) is 47.5 Å². The third-order valence-corrected chi connectivity index (χ3v) is 4.71. The van der Waals surface area contributed by atoms with Gasteiger partial charge in [-0.15, -0.1) is 0 Å². The SMILES string of the molecule is O=C(c1ccoc1)N1CCCC2(CC(Oc3cccnc3)CO2)C1. The largest absolute Gasteiger partial charge is 0.486 e. The van der Waals surface area contributed by atoms with Crippen molar-refractivity contribution in [3.63, 3.8) is 0 Å². The summed E-state index contributed by atoms with van der Waals surface area (Å²) >= 11 is 0. The van der Waals surface area contributed by atoms with Gasteiger partial charge in [0.05, 0.1) is 36.8 Å². The molecule has 24 heavy (non-hydrogen) atoms. The molecule has 6 nitrogen and oxygen atoms in total. The number of piperidine rings is 1. The molecule has 1 spiro atoms. The van der Waals surface area contributed by atoms with Crippen molar-refractivity contribution in [3.05, 3.63) is 48.7 Å². The molecule has 2 atom stereocenters. The number of hydrogen-bond donors (Lipinski definition) is 0. The summed E-state index contributed by atoms with van der Waals surface area (Å²) in [7, 11) is 0. The third-order valence-electron chi connectivity index (χ3n) is 4.71. The topological polar surface area (TPSA) is 64.8 Å². The fourth-order valence-electron chi connectivity index (χ4n) is 3.61. The van der Waals surface area contributed by atoms with Crippen molar-refractivity contribution < 1.29 is 18.7 Å². The molecule has 6 heteroatoms. The molecule has 1 amide bonds. The van der Waals surface area contributed by atoms with E-state index in [1.54, 1.807) is 18.5 Å². The van der Waals surface area contributed by atoms with Crippen LogP contribution in [0.5, 0.6) is 5.75 Å². The van der Waals surface area contributed by atoms with Gasteiger partial charge in [0.15, 0.2) is 0 Å². The van der Waals surface area contributed by atoms with Crippen molar-refractivity contribution in [1.29, 1.82) is 0 Å². The molecule has 2 aliphatic heterocycles. The second-order valence-corrected chi connectivity index (χ2v) is 6.47. The molecule has 4 rings (SSSR count). The first-order valence-corrected chi connectivity index (χ1v) is 8.26. The zero-order valence-electron chi connectivity index (χ0n) is 13.4. The molecule has 0 aromatic carbocycles. The molecular weight excluding hydrogens is 308 g/mol. The van der Waals surface area contributed by atoms with E-state index in [-0.39, 0.29) is 17.6 Å². The number of rotatable bonds is 3. The average molecular weight is 328 g/mol. The minimum atomic E-state index is -0.301. The molecule has 0 aliphatic carbocycles. The molecule has 126 valence electrons. The first-order valence-electron chi connectivity index (χ1n) is 8.26. The summed E-state index contributed by atoms with van der Waals surface area (Å²) in [4.78, 5) is 18.5. The molecule has 0 radical (unpaired) electrons. The minimum Gasteiger partial charge on any atom is -0.486 e. The first kappa shape index (κ1) is 15.2. The summed E-state index contributed by atoms with van der Waals surface area (Å²) in [6.45, 7) is 1.90. The number of furan rings is 1. The predicted octanol–water partition coefficient (Wildman–Crippen LogP) is 2.52. The van der Waals surface area contributed by atoms with Crippen molar-refractivity contribution >= 4 is 5.91 Å². The van der Waals surface area contributed by atoms with E-state index in [0.29, 0.717) is 18.7 Å². The van der Waals surface area contributed by atoms with Crippen LogP contribution in [-0.4, -0.2) is 47.2 Å². The number of pyridine rings is 1. The molecule has 2 saturated heterocycles. The van der Waals surface area contributed by atoms with Gasteiger partial charge in [-0.25, -0.2) is 0 Å². The lowest BCUT2D eigenvalue weighted by molar-refractivity contribution is -0.0453. The minimum absolute atomic E-state index is 0.00169. The Morgan fingerprint density at radius 2 is 2.38 bits per heavy atom. The fourth-order valence-corrected chi connectivity index (χ4v) is 3.61. The van der Waals surface area contributed by atoms with Crippen molar-refractivity contribution in [1.82, 2.24) is 9.88 Å².